The summed E-state index contributed by atoms with van der Waals surface area (Å²) in [6.45, 7) is 1.91. The summed E-state index contributed by atoms with van der Waals surface area (Å²) in [6, 6.07) is 9.86. The minimum absolute atomic E-state index is 0.302. The number of nitrogens with two attached hydrogens (primary N) is 1. The number of fused-ring (bicyclic) bond motifs is 1. The van der Waals surface area contributed by atoms with E-state index in [1.807, 2.05) is 19.1 Å². The summed E-state index contributed by atoms with van der Waals surface area (Å²) >= 11 is 0. The van der Waals surface area contributed by atoms with Crippen molar-refractivity contribution in [2.24, 2.45) is 5.73 Å². The number of pyridine rings is 1. The van der Waals surface area contributed by atoms with E-state index in [1.165, 1.54) is 18.3 Å². The normalized spacial score (nSPS) is 11.1. The van der Waals surface area contributed by atoms with E-state index in [0.29, 0.717) is 17.0 Å². The van der Waals surface area contributed by atoms with Gasteiger partial charge in [0.1, 0.15) is 22.9 Å². The molecular formula is C18H14FN5O. The molecule has 0 saturated heterocycles. The molecule has 0 atom stereocenters. The van der Waals surface area contributed by atoms with E-state index in [4.69, 9.17) is 5.73 Å². The molecule has 1 amide bonds. The lowest BCUT2D eigenvalue weighted by molar-refractivity contribution is 0.0995. The minimum atomic E-state index is -0.549. The molecule has 3 N–H and O–H groups in total. The zero-order valence-electron chi connectivity index (χ0n) is 13.3. The Morgan fingerprint density at radius 3 is 2.60 bits per heavy atom. The van der Waals surface area contributed by atoms with Gasteiger partial charge in [-0.15, -0.1) is 0 Å². The van der Waals surface area contributed by atoms with E-state index in [1.54, 1.807) is 22.7 Å². The first-order valence-corrected chi connectivity index (χ1v) is 7.63. The van der Waals surface area contributed by atoms with Crippen molar-refractivity contribution in [2.45, 2.75) is 6.92 Å². The zero-order valence-corrected chi connectivity index (χ0v) is 13.3. The number of hydrogen-bond donors (Lipinski definition) is 2. The average Bonchev–Trinajstić information content (AvgIpc) is 3.18. The van der Waals surface area contributed by atoms with Crippen molar-refractivity contribution in [1.29, 1.82) is 0 Å². The van der Waals surface area contributed by atoms with Crippen LogP contribution in [-0.2, 0) is 0 Å². The van der Waals surface area contributed by atoms with Crippen molar-refractivity contribution in [1.82, 2.24) is 19.6 Å². The molecule has 0 radical (unpaired) electrons. The van der Waals surface area contributed by atoms with Gasteiger partial charge >= 0.3 is 0 Å². The van der Waals surface area contributed by atoms with Gasteiger partial charge in [0.15, 0.2) is 0 Å². The molecule has 124 valence electrons. The van der Waals surface area contributed by atoms with E-state index < -0.39 is 5.91 Å². The van der Waals surface area contributed by atoms with Crippen molar-refractivity contribution >= 4 is 11.6 Å². The van der Waals surface area contributed by atoms with Crippen LogP contribution >= 0.6 is 0 Å². The highest BCUT2D eigenvalue weighted by Crippen LogP contribution is 2.33. The summed E-state index contributed by atoms with van der Waals surface area (Å²) in [4.78, 5) is 15.7. The highest BCUT2D eigenvalue weighted by Gasteiger charge is 2.16. The molecule has 7 heteroatoms. The molecule has 25 heavy (non-hydrogen) atoms. The topological polar surface area (TPSA) is 89.1 Å². The number of H-pyrrole nitrogens is 1. The van der Waals surface area contributed by atoms with E-state index in [-0.39, 0.29) is 5.82 Å². The van der Waals surface area contributed by atoms with Crippen LogP contribution in [0.5, 0.6) is 0 Å². The molecule has 0 aliphatic heterocycles. The van der Waals surface area contributed by atoms with E-state index in [9.17, 15) is 9.18 Å². The van der Waals surface area contributed by atoms with Crippen LogP contribution in [0.1, 0.15) is 16.2 Å². The Bertz CT molecular complexity index is 1090. The van der Waals surface area contributed by atoms with Crippen molar-refractivity contribution < 1.29 is 9.18 Å². The van der Waals surface area contributed by atoms with Gasteiger partial charge in [-0.3, -0.25) is 14.3 Å². The molecule has 0 aliphatic carbocycles. The third-order valence-electron chi connectivity index (χ3n) is 4.11. The minimum Gasteiger partial charge on any atom is -0.364 e. The molecule has 0 saturated carbocycles. The Labute approximate surface area is 142 Å². The van der Waals surface area contributed by atoms with Gasteiger partial charge in [0.25, 0.3) is 5.91 Å². The number of aryl methyl sites for hydroxylation is 1. The molecule has 3 aromatic heterocycles. The Kier molecular flexibility index (Phi) is 3.35. The lowest BCUT2D eigenvalue weighted by atomic mass is 10.0. The largest absolute Gasteiger partial charge is 0.364 e. The predicted octanol–water partition coefficient (Wildman–Crippen LogP) is 2.94. The van der Waals surface area contributed by atoms with Gasteiger partial charge in [0, 0.05) is 28.6 Å². The molecule has 0 aliphatic rings. The zero-order chi connectivity index (χ0) is 17.6. The summed E-state index contributed by atoms with van der Waals surface area (Å²) in [5, 5.41) is 7.32. The summed E-state index contributed by atoms with van der Waals surface area (Å²) < 4.78 is 14.9. The Morgan fingerprint density at radius 1 is 1.16 bits per heavy atom. The van der Waals surface area contributed by atoms with Crippen LogP contribution in [0.2, 0.25) is 0 Å². The number of carbonyl (C=O) groups is 1. The summed E-state index contributed by atoms with van der Waals surface area (Å²) in [7, 11) is 0. The second-order valence-corrected chi connectivity index (χ2v) is 5.73. The lowest BCUT2D eigenvalue weighted by Crippen LogP contribution is -2.13. The number of carbonyl (C=O) groups excluding carboxylic acids is 1. The van der Waals surface area contributed by atoms with Gasteiger partial charge in [-0.05, 0) is 43.3 Å². The molecule has 0 bridgehead atoms. The average molecular weight is 335 g/mol. The van der Waals surface area contributed by atoms with Crippen molar-refractivity contribution in [2.75, 3.05) is 0 Å². The number of halogens is 1. The highest BCUT2D eigenvalue weighted by atomic mass is 19.1. The second kappa shape index (κ2) is 5.55. The fourth-order valence-corrected chi connectivity index (χ4v) is 2.91. The number of aromatic amines is 1. The number of imidazole rings is 1. The Hall–Kier alpha value is -3.48. The number of aromatic nitrogens is 4. The molecule has 0 fully saturated rings. The number of nitrogens with zero attached hydrogens (tertiary/aromatic N) is 3. The van der Waals surface area contributed by atoms with Crippen LogP contribution in [0.25, 0.3) is 28.0 Å². The van der Waals surface area contributed by atoms with Crippen LogP contribution in [0.4, 0.5) is 4.39 Å². The van der Waals surface area contributed by atoms with Crippen molar-refractivity contribution in [3.8, 4) is 22.4 Å². The van der Waals surface area contributed by atoms with Gasteiger partial charge in [-0.25, -0.2) is 9.37 Å². The fourth-order valence-electron chi connectivity index (χ4n) is 2.91. The van der Waals surface area contributed by atoms with Gasteiger partial charge < -0.3 is 5.73 Å². The second-order valence-electron chi connectivity index (χ2n) is 5.73. The molecule has 3 heterocycles. The van der Waals surface area contributed by atoms with Crippen LogP contribution in [-0.4, -0.2) is 25.5 Å². The molecule has 4 rings (SSSR count). The monoisotopic (exact) mass is 335 g/mol. The number of rotatable bonds is 3. The van der Waals surface area contributed by atoms with Crippen LogP contribution < -0.4 is 5.73 Å². The standard InChI is InChI=1S/C18H14FN5O/c1-10-16(17(23-22-10)11-2-5-13(19)6-3-11)12-4-7-15-21-8-14(18(20)25)24(15)9-12/h2-9H,1H3,(H2,20,25)(H,22,23). The third kappa shape index (κ3) is 2.46. The number of benzene rings is 1. The molecular weight excluding hydrogens is 321 g/mol. The third-order valence-corrected chi connectivity index (χ3v) is 4.11. The van der Waals surface area contributed by atoms with Crippen molar-refractivity contribution in [3.63, 3.8) is 0 Å². The smallest absolute Gasteiger partial charge is 0.267 e. The predicted molar refractivity (Wildman–Crippen MR) is 91.4 cm³/mol. The van der Waals surface area contributed by atoms with Crippen molar-refractivity contribution in [3.05, 3.63) is 66.0 Å². The lowest BCUT2D eigenvalue weighted by Gasteiger charge is -2.07. The first kappa shape index (κ1) is 15.1. The van der Waals surface area contributed by atoms with E-state index in [2.05, 4.69) is 15.2 Å². The maximum atomic E-state index is 13.2. The Balaban J connectivity index is 1.91. The number of primary amides is 1. The summed E-state index contributed by atoms with van der Waals surface area (Å²) in [5.41, 5.74) is 10.4. The number of nitrogens with one attached hydrogen (secondary N) is 1. The SMILES string of the molecule is Cc1[nH]nc(-c2ccc(F)cc2)c1-c1ccc2ncc(C(N)=O)n2c1. The molecule has 1 aromatic carbocycles. The van der Waals surface area contributed by atoms with E-state index in [0.717, 1.165) is 22.4 Å². The van der Waals surface area contributed by atoms with Gasteiger partial charge in [0.05, 0.1) is 6.20 Å². The maximum Gasteiger partial charge on any atom is 0.267 e. The van der Waals surface area contributed by atoms with Crippen LogP contribution in [0, 0.1) is 12.7 Å². The van der Waals surface area contributed by atoms with Gasteiger partial charge in [-0.1, -0.05) is 0 Å². The summed E-state index contributed by atoms with van der Waals surface area (Å²) in [5.74, 6) is -0.851. The Morgan fingerprint density at radius 2 is 1.88 bits per heavy atom. The number of amides is 1. The number of hydrogen-bond acceptors (Lipinski definition) is 3. The van der Waals surface area contributed by atoms with Crippen LogP contribution in [0.3, 0.4) is 0 Å². The van der Waals surface area contributed by atoms with Crippen LogP contribution in [0.15, 0.2) is 48.8 Å². The molecule has 6 nitrogen and oxygen atoms in total. The fraction of sp³-hybridized carbons (Fsp3) is 0.0556. The molecule has 0 unspecified atom stereocenters. The first-order chi connectivity index (χ1) is 12.0. The van der Waals surface area contributed by atoms with E-state index >= 15 is 0 Å². The summed E-state index contributed by atoms with van der Waals surface area (Å²) in [6.07, 6.45) is 3.25. The highest BCUT2D eigenvalue weighted by molar-refractivity contribution is 5.92. The molecule has 0 spiro atoms. The first-order valence-electron chi connectivity index (χ1n) is 7.63. The quantitative estimate of drug-likeness (QED) is 0.603. The maximum absolute atomic E-state index is 13.2. The molecule has 4 aromatic rings. The van der Waals surface area contributed by atoms with Gasteiger partial charge in [0.2, 0.25) is 0 Å². The van der Waals surface area contributed by atoms with Gasteiger partial charge in [-0.2, -0.15) is 5.10 Å².